The lowest BCUT2D eigenvalue weighted by Crippen LogP contribution is -2.47. The van der Waals surface area contributed by atoms with E-state index >= 15 is 0 Å². The van der Waals surface area contributed by atoms with Crippen molar-refractivity contribution in [3.8, 4) is 0 Å². The molecular weight excluding hydrogens is 179 g/mol. The minimum atomic E-state index is -0.657. The van der Waals surface area contributed by atoms with E-state index in [1.165, 1.54) is 0 Å². The second-order valence-electron chi connectivity index (χ2n) is 4.75. The average Bonchev–Trinajstić information content (AvgIpc) is 2.46. The third-order valence-electron chi connectivity index (χ3n) is 3.00. The van der Waals surface area contributed by atoms with Gasteiger partial charge < -0.3 is 5.32 Å². The summed E-state index contributed by atoms with van der Waals surface area (Å²) in [6.45, 7) is 10.3. The molecular formula is C11H23FN2. The largest absolute Gasteiger partial charge is 0.310 e. The van der Waals surface area contributed by atoms with Gasteiger partial charge in [-0.3, -0.25) is 4.90 Å². The molecule has 1 heterocycles. The molecule has 2 unspecified atom stereocenters. The van der Waals surface area contributed by atoms with Crippen molar-refractivity contribution in [2.24, 2.45) is 0 Å². The number of hydrogen-bond acceptors (Lipinski definition) is 2. The van der Waals surface area contributed by atoms with Gasteiger partial charge in [0.05, 0.1) is 6.04 Å². The van der Waals surface area contributed by atoms with Crippen molar-refractivity contribution in [1.29, 1.82) is 0 Å². The van der Waals surface area contributed by atoms with Gasteiger partial charge in [0, 0.05) is 18.6 Å². The number of hydrogen-bond donors (Lipinski definition) is 1. The van der Waals surface area contributed by atoms with Crippen LogP contribution in [0.4, 0.5) is 4.39 Å². The second-order valence-corrected chi connectivity index (χ2v) is 4.75. The standard InChI is InChI=1S/C11H23FN2/c1-8(2)14(9(3)4)7-11-10(12)5-6-13-11/h8-11,13H,5-7H2,1-4H3. The van der Waals surface area contributed by atoms with Gasteiger partial charge in [0.25, 0.3) is 0 Å². The molecule has 0 aliphatic carbocycles. The summed E-state index contributed by atoms with van der Waals surface area (Å²) >= 11 is 0. The molecule has 2 atom stereocenters. The lowest BCUT2D eigenvalue weighted by Gasteiger charge is -2.33. The predicted molar refractivity (Wildman–Crippen MR) is 58.3 cm³/mol. The molecule has 0 aromatic rings. The Kier molecular flexibility index (Phi) is 4.32. The highest BCUT2D eigenvalue weighted by Gasteiger charge is 2.29. The zero-order chi connectivity index (χ0) is 10.7. The molecule has 0 saturated carbocycles. The van der Waals surface area contributed by atoms with E-state index in [0.717, 1.165) is 13.1 Å². The molecule has 1 rings (SSSR count). The van der Waals surface area contributed by atoms with Crippen molar-refractivity contribution in [3.63, 3.8) is 0 Å². The third-order valence-corrected chi connectivity index (χ3v) is 3.00. The highest BCUT2D eigenvalue weighted by molar-refractivity contribution is 4.87. The Hall–Kier alpha value is -0.150. The maximum absolute atomic E-state index is 13.4. The first-order chi connectivity index (χ1) is 6.52. The first kappa shape index (κ1) is 11.9. The van der Waals surface area contributed by atoms with Crippen molar-refractivity contribution in [2.45, 2.75) is 58.4 Å². The van der Waals surface area contributed by atoms with Crippen LogP contribution in [0, 0.1) is 0 Å². The van der Waals surface area contributed by atoms with Crippen LogP contribution in [-0.4, -0.2) is 42.3 Å². The summed E-state index contributed by atoms with van der Waals surface area (Å²) in [6, 6.07) is 1.02. The summed E-state index contributed by atoms with van der Waals surface area (Å²) in [5, 5.41) is 3.23. The molecule has 84 valence electrons. The topological polar surface area (TPSA) is 15.3 Å². The molecule has 1 aliphatic heterocycles. The monoisotopic (exact) mass is 202 g/mol. The summed E-state index contributed by atoms with van der Waals surface area (Å²) in [5.74, 6) is 0. The van der Waals surface area contributed by atoms with E-state index in [1.54, 1.807) is 0 Å². The Morgan fingerprint density at radius 3 is 2.21 bits per heavy atom. The van der Waals surface area contributed by atoms with E-state index in [2.05, 4.69) is 37.9 Å². The van der Waals surface area contributed by atoms with Crippen molar-refractivity contribution >= 4 is 0 Å². The van der Waals surface area contributed by atoms with Gasteiger partial charge in [-0.25, -0.2) is 4.39 Å². The summed E-state index contributed by atoms with van der Waals surface area (Å²) in [4.78, 5) is 2.34. The number of alkyl halides is 1. The summed E-state index contributed by atoms with van der Waals surface area (Å²) in [7, 11) is 0. The molecule has 0 amide bonds. The van der Waals surface area contributed by atoms with Crippen LogP contribution in [0.25, 0.3) is 0 Å². The lowest BCUT2D eigenvalue weighted by atomic mass is 10.1. The third kappa shape index (κ3) is 2.92. The fourth-order valence-electron chi connectivity index (χ4n) is 2.16. The normalized spacial score (nSPS) is 28.3. The second kappa shape index (κ2) is 5.08. The van der Waals surface area contributed by atoms with Crippen LogP contribution >= 0.6 is 0 Å². The number of nitrogens with one attached hydrogen (secondary N) is 1. The maximum Gasteiger partial charge on any atom is 0.118 e. The average molecular weight is 202 g/mol. The Morgan fingerprint density at radius 1 is 1.29 bits per heavy atom. The predicted octanol–water partition coefficient (Wildman–Crippen LogP) is 1.81. The van der Waals surface area contributed by atoms with Gasteiger partial charge >= 0.3 is 0 Å². The van der Waals surface area contributed by atoms with Gasteiger partial charge in [-0.05, 0) is 40.7 Å². The first-order valence-corrected chi connectivity index (χ1v) is 5.65. The van der Waals surface area contributed by atoms with E-state index in [4.69, 9.17) is 0 Å². The van der Waals surface area contributed by atoms with Gasteiger partial charge in [-0.15, -0.1) is 0 Å². The number of rotatable bonds is 4. The van der Waals surface area contributed by atoms with Gasteiger partial charge in [0.2, 0.25) is 0 Å². The minimum absolute atomic E-state index is 0.0415. The first-order valence-electron chi connectivity index (χ1n) is 5.65. The van der Waals surface area contributed by atoms with E-state index in [-0.39, 0.29) is 6.04 Å². The molecule has 2 nitrogen and oxygen atoms in total. The van der Waals surface area contributed by atoms with Crippen LogP contribution in [0.15, 0.2) is 0 Å². The van der Waals surface area contributed by atoms with Gasteiger partial charge in [0.15, 0.2) is 0 Å². The number of halogens is 1. The quantitative estimate of drug-likeness (QED) is 0.748. The molecule has 3 heteroatoms. The van der Waals surface area contributed by atoms with E-state index in [9.17, 15) is 4.39 Å². The fourth-order valence-corrected chi connectivity index (χ4v) is 2.16. The zero-order valence-electron chi connectivity index (χ0n) is 9.76. The van der Waals surface area contributed by atoms with Crippen LogP contribution in [0.2, 0.25) is 0 Å². The van der Waals surface area contributed by atoms with Crippen LogP contribution in [-0.2, 0) is 0 Å². The summed E-state index contributed by atoms with van der Waals surface area (Å²) in [6.07, 6.45) is 0.0179. The molecule has 1 fully saturated rings. The van der Waals surface area contributed by atoms with E-state index < -0.39 is 6.17 Å². The van der Waals surface area contributed by atoms with Crippen LogP contribution in [0.1, 0.15) is 34.1 Å². The molecule has 1 N–H and O–H groups in total. The Labute approximate surface area is 86.9 Å². The highest BCUT2D eigenvalue weighted by Crippen LogP contribution is 2.15. The molecule has 1 saturated heterocycles. The molecule has 0 radical (unpaired) electrons. The van der Waals surface area contributed by atoms with Crippen LogP contribution < -0.4 is 5.32 Å². The zero-order valence-corrected chi connectivity index (χ0v) is 9.76. The molecule has 0 aromatic heterocycles. The van der Waals surface area contributed by atoms with Gasteiger partial charge in [-0.1, -0.05) is 0 Å². The summed E-state index contributed by atoms with van der Waals surface area (Å²) in [5.41, 5.74) is 0. The molecule has 0 bridgehead atoms. The van der Waals surface area contributed by atoms with Crippen LogP contribution in [0.3, 0.4) is 0 Å². The van der Waals surface area contributed by atoms with Gasteiger partial charge in [0.1, 0.15) is 6.17 Å². The highest BCUT2D eigenvalue weighted by atomic mass is 19.1. The van der Waals surface area contributed by atoms with E-state index in [0.29, 0.717) is 18.5 Å². The number of nitrogens with zero attached hydrogens (tertiary/aromatic N) is 1. The molecule has 0 aromatic carbocycles. The maximum atomic E-state index is 13.4. The van der Waals surface area contributed by atoms with Crippen molar-refractivity contribution in [2.75, 3.05) is 13.1 Å². The molecule has 1 aliphatic rings. The molecule has 14 heavy (non-hydrogen) atoms. The van der Waals surface area contributed by atoms with Crippen molar-refractivity contribution in [3.05, 3.63) is 0 Å². The van der Waals surface area contributed by atoms with Crippen LogP contribution in [0.5, 0.6) is 0 Å². The Morgan fingerprint density at radius 2 is 1.86 bits per heavy atom. The minimum Gasteiger partial charge on any atom is -0.310 e. The molecule has 0 spiro atoms. The summed E-state index contributed by atoms with van der Waals surface area (Å²) < 4.78 is 13.4. The lowest BCUT2D eigenvalue weighted by molar-refractivity contribution is 0.139. The SMILES string of the molecule is CC(C)N(CC1NCCC1F)C(C)C. The van der Waals surface area contributed by atoms with Crippen molar-refractivity contribution in [1.82, 2.24) is 10.2 Å². The Balaban J connectivity index is 2.46. The van der Waals surface area contributed by atoms with Gasteiger partial charge in [-0.2, -0.15) is 0 Å². The van der Waals surface area contributed by atoms with E-state index in [1.807, 2.05) is 0 Å². The van der Waals surface area contributed by atoms with Crippen molar-refractivity contribution < 1.29 is 4.39 Å². The smallest absolute Gasteiger partial charge is 0.118 e. The fraction of sp³-hybridized carbons (Fsp3) is 1.00. The Bertz CT molecular complexity index is 163.